The molecule has 0 saturated heterocycles. The number of carbonyl (C=O) groups is 1. The van der Waals surface area contributed by atoms with Crippen molar-refractivity contribution in [3.05, 3.63) is 58.7 Å². The van der Waals surface area contributed by atoms with Crippen molar-refractivity contribution in [2.75, 3.05) is 12.4 Å². The Kier molecular flexibility index (Phi) is 4.07. The van der Waals surface area contributed by atoms with E-state index >= 15 is 0 Å². The summed E-state index contributed by atoms with van der Waals surface area (Å²) in [6.45, 7) is 0.557. The monoisotopic (exact) mass is 338 g/mol. The van der Waals surface area contributed by atoms with Crippen LogP contribution in [0.4, 0.5) is 0 Å². The van der Waals surface area contributed by atoms with Gasteiger partial charge in [-0.1, -0.05) is 36.4 Å². The van der Waals surface area contributed by atoms with Crippen molar-refractivity contribution < 1.29 is 14.6 Å². The van der Waals surface area contributed by atoms with Crippen LogP contribution in [-0.2, 0) is 4.79 Å². The lowest BCUT2D eigenvalue weighted by molar-refractivity contribution is -0.115. The molecule has 24 heavy (non-hydrogen) atoms. The minimum Gasteiger partial charge on any atom is -0.512 e. The van der Waals surface area contributed by atoms with E-state index in [0.29, 0.717) is 13.0 Å². The highest BCUT2D eigenvalue weighted by Crippen LogP contribution is 2.38. The molecule has 1 heterocycles. The maximum atomic E-state index is 11.3. The Bertz CT molecular complexity index is 866. The van der Waals surface area contributed by atoms with Crippen LogP contribution in [0.1, 0.15) is 18.4 Å². The van der Waals surface area contributed by atoms with Gasteiger partial charge in [0.15, 0.2) is 5.78 Å². The summed E-state index contributed by atoms with van der Waals surface area (Å²) < 4.78 is 6.01. The Balaban J connectivity index is 1.52. The SMILES string of the molecule is O=C1C=C(O)C(CSC2=Cc3ccc4ccccc4c3OC2)CC1. The maximum absolute atomic E-state index is 11.3. The zero-order valence-corrected chi connectivity index (χ0v) is 14.0. The molecule has 0 aromatic heterocycles. The predicted molar refractivity (Wildman–Crippen MR) is 98.3 cm³/mol. The van der Waals surface area contributed by atoms with Gasteiger partial charge in [0.05, 0.1) is 5.76 Å². The van der Waals surface area contributed by atoms with Crippen LogP contribution in [0, 0.1) is 5.92 Å². The van der Waals surface area contributed by atoms with Crippen molar-refractivity contribution in [3.63, 3.8) is 0 Å². The third-order valence-corrected chi connectivity index (χ3v) is 5.70. The first-order valence-electron chi connectivity index (χ1n) is 8.12. The molecule has 2 aromatic rings. The maximum Gasteiger partial charge on any atom is 0.159 e. The van der Waals surface area contributed by atoms with Crippen molar-refractivity contribution in [1.29, 1.82) is 0 Å². The van der Waals surface area contributed by atoms with Crippen LogP contribution in [0.25, 0.3) is 16.8 Å². The second kappa shape index (κ2) is 6.36. The van der Waals surface area contributed by atoms with E-state index in [1.807, 2.05) is 12.1 Å². The van der Waals surface area contributed by atoms with Crippen LogP contribution >= 0.6 is 11.8 Å². The fourth-order valence-corrected chi connectivity index (χ4v) is 4.28. The summed E-state index contributed by atoms with van der Waals surface area (Å²) in [6, 6.07) is 12.4. The van der Waals surface area contributed by atoms with E-state index in [0.717, 1.165) is 33.8 Å². The quantitative estimate of drug-likeness (QED) is 0.879. The summed E-state index contributed by atoms with van der Waals surface area (Å²) in [4.78, 5) is 12.4. The highest BCUT2D eigenvalue weighted by atomic mass is 32.2. The molecule has 0 bridgehead atoms. The number of carbonyl (C=O) groups excluding carboxylic acids is 1. The van der Waals surface area contributed by atoms with Crippen molar-refractivity contribution in [2.45, 2.75) is 12.8 Å². The van der Waals surface area contributed by atoms with E-state index in [4.69, 9.17) is 4.74 Å². The summed E-state index contributed by atoms with van der Waals surface area (Å²) in [6.07, 6.45) is 4.80. The molecule has 4 heteroatoms. The third-order valence-electron chi connectivity index (χ3n) is 4.52. The van der Waals surface area contributed by atoms with Crippen molar-refractivity contribution in [2.24, 2.45) is 5.92 Å². The topological polar surface area (TPSA) is 46.5 Å². The molecule has 0 spiro atoms. The Morgan fingerprint density at radius 2 is 2.04 bits per heavy atom. The van der Waals surface area contributed by atoms with Crippen LogP contribution in [-0.4, -0.2) is 23.2 Å². The Morgan fingerprint density at radius 3 is 2.92 bits per heavy atom. The molecule has 1 aliphatic heterocycles. The molecule has 1 N–H and O–H groups in total. The van der Waals surface area contributed by atoms with Gasteiger partial charge in [-0.15, -0.1) is 11.8 Å². The van der Waals surface area contributed by atoms with Crippen LogP contribution < -0.4 is 4.74 Å². The average Bonchev–Trinajstić information content (AvgIpc) is 2.60. The number of rotatable bonds is 3. The van der Waals surface area contributed by atoms with E-state index in [9.17, 15) is 9.90 Å². The summed E-state index contributed by atoms with van der Waals surface area (Å²) >= 11 is 1.70. The predicted octanol–water partition coefficient (Wildman–Crippen LogP) is 4.73. The molecule has 2 aliphatic rings. The molecule has 122 valence electrons. The molecule has 0 radical (unpaired) electrons. The van der Waals surface area contributed by atoms with Crippen LogP contribution in [0.2, 0.25) is 0 Å². The van der Waals surface area contributed by atoms with Gasteiger partial charge in [-0.2, -0.15) is 0 Å². The van der Waals surface area contributed by atoms with Gasteiger partial charge in [0.25, 0.3) is 0 Å². The summed E-state index contributed by atoms with van der Waals surface area (Å²) in [5, 5.41) is 12.2. The van der Waals surface area contributed by atoms with Gasteiger partial charge in [-0.05, 0) is 17.9 Å². The second-order valence-corrected chi connectivity index (χ2v) is 7.33. The van der Waals surface area contributed by atoms with Gasteiger partial charge in [-0.3, -0.25) is 4.79 Å². The number of fused-ring (bicyclic) bond motifs is 3. The lowest BCUT2D eigenvalue weighted by Crippen LogP contribution is -2.16. The largest absolute Gasteiger partial charge is 0.512 e. The summed E-state index contributed by atoms with van der Waals surface area (Å²) in [5.41, 5.74) is 1.10. The number of hydrogen-bond donors (Lipinski definition) is 1. The second-order valence-electron chi connectivity index (χ2n) is 6.19. The first-order chi connectivity index (χ1) is 11.7. The average molecular weight is 338 g/mol. The zero-order valence-electron chi connectivity index (χ0n) is 13.2. The number of benzene rings is 2. The molecule has 0 fully saturated rings. The van der Waals surface area contributed by atoms with E-state index in [1.54, 1.807) is 11.8 Å². The summed E-state index contributed by atoms with van der Waals surface area (Å²) in [7, 11) is 0. The van der Waals surface area contributed by atoms with Gasteiger partial charge < -0.3 is 9.84 Å². The van der Waals surface area contributed by atoms with Crippen molar-refractivity contribution in [1.82, 2.24) is 0 Å². The fraction of sp³-hybridized carbons (Fsp3) is 0.250. The molecule has 4 rings (SSSR count). The van der Waals surface area contributed by atoms with Gasteiger partial charge in [0.1, 0.15) is 12.4 Å². The number of hydrogen-bond acceptors (Lipinski definition) is 4. The van der Waals surface area contributed by atoms with Gasteiger partial charge in [-0.25, -0.2) is 0 Å². The Labute approximate surface area is 145 Å². The van der Waals surface area contributed by atoms with E-state index in [-0.39, 0.29) is 17.5 Å². The number of allylic oxidation sites excluding steroid dienone is 2. The molecule has 1 atom stereocenters. The standard InChI is InChI=1S/C20H18O3S/c21-16-8-7-15(19(22)10-16)12-24-17-9-14-6-5-13-3-1-2-4-18(13)20(14)23-11-17/h1-6,9-10,15,22H,7-8,11-12H2. The number of thioether (sulfide) groups is 1. The molecule has 2 aromatic carbocycles. The number of ether oxygens (including phenoxy) is 1. The van der Waals surface area contributed by atoms with Gasteiger partial charge in [0, 0.05) is 40.0 Å². The van der Waals surface area contributed by atoms with Crippen LogP contribution in [0.5, 0.6) is 5.75 Å². The van der Waals surface area contributed by atoms with Crippen LogP contribution in [0.15, 0.2) is 53.1 Å². The normalized spacial score (nSPS) is 20.2. The molecular formula is C20H18O3S. The number of aliphatic hydroxyl groups excluding tert-OH is 1. The first-order valence-corrected chi connectivity index (χ1v) is 9.10. The van der Waals surface area contributed by atoms with E-state index < -0.39 is 0 Å². The van der Waals surface area contributed by atoms with E-state index in [2.05, 4.69) is 30.3 Å². The number of aliphatic hydroxyl groups is 1. The Hall–Kier alpha value is -2.20. The van der Waals surface area contributed by atoms with Gasteiger partial charge in [0.2, 0.25) is 0 Å². The first kappa shape index (κ1) is 15.3. The van der Waals surface area contributed by atoms with Crippen LogP contribution in [0.3, 0.4) is 0 Å². The fourth-order valence-electron chi connectivity index (χ4n) is 3.17. The highest BCUT2D eigenvalue weighted by molar-refractivity contribution is 8.03. The zero-order chi connectivity index (χ0) is 16.5. The van der Waals surface area contributed by atoms with Gasteiger partial charge >= 0.3 is 0 Å². The van der Waals surface area contributed by atoms with E-state index in [1.165, 1.54) is 11.5 Å². The number of ketones is 1. The summed E-state index contributed by atoms with van der Waals surface area (Å²) in [5.74, 6) is 2.03. The minimum absolute atomic E-state index is 0.0229. The lowest BCUT2D eigenvalue weighted by atomic mass is 9.95. The molecule has 3 nitrogen and oxygen atoms in total. The molecule has 1 aliphatic carbocycles. The molecule has 0 saturated carbocycles. The van der Waals surface area contributed by atoms with Crippen molar-refractivity contribution in [3.8, 4) is 5.75 Å². The molecule has 0 amide bonds. The molecule has 1 unspecified atom stereocenters. The van der Waals surface area contributed by atoms with Crippen molar-refractivity contribution >= 4 is 34.4 Å². The third kappa shape index (κ3) is 2.94. The lowest BCUT2D eigenvalue weighted by Gasteiger charge is -2.22. The highest BCUT2D eigenvalue weighted by Gasteiger charge is 2.22. The smallest absolute Gasteiger partial charge is 0.159 e. The Morgan fingerprint density at radius 1 is 1.17 bits per heavy atom. The molecular weight excluding hydrogens is 320 g/mol. The minimum atomic E-state index is 0.0229.